The second-order valence-corrected chi connectivity index (χ2v) is 13.8. The van der Waals surface area contributed by atoms with Crippen molar-refractivity contribution in [2.45, 2.75) is 42.8 Å². The first kappa shape index (κ1) is 47.2. The van der Waals surface area contributed by atoms with Crippen molar-refractivity contribution < 1.29 is 140 Å². The van der Waals surface area contributed by atoms with Gasteiger partial charge in [0.25, 0.3) is 0 Å². The van der Waals surface area contributed by atoms with Gasteiger partial charge in [-0.15, -0.1) is 53.5 Å². The first-order valence-electron chi connectivity index (χ1n) is 9.69. The van der Waals surface area contributed by atoms with Crippen molar-refractivity contribution in [3.05, 3.63) is 0 Å². The van der Waals surface area contributed by atoms with Crippen LogP contribution in [0.5, 0.6) is 0 Å². The summed E-state index contributed by atoms with van der Waals surface area (Å²) in [7, 11) is -48.6. The molecule has 264 valence electrons. The SMILES string of the molecule is CC(C)(O[P+](=O)O)C(O[P+](=O)O)(O[P+](=O)O)C(O[P+](=O)O)(O[P+](=O)O)C(O[P+](=O)O)(O[P+](=O)O)C(O[P+](=O)O)(O[P+](=O)O)O[P+](=O)O. The second-order valence-electron chi connectivity index (χ2n) is 7.21. The Morgan fingerprint density at radius 3 is 0.702 bits per heavy atom. The Balaban J connectivity index is 9.89. The van der Waals surface area contributed by atoms with Crippen molar-refractivity contribution in [2.24, 2.45) is 0 Å². The van der Waals surface area contributed by atoms with E-state index in [0.29, 0.717) is 0 Å². The first-order valence-corrected chi connectivity index (χ1v) is 21.0. The van der Waals surface area contributed by atoms with Gasteiger partial charge in [0.2, 0.25) is 0 Å². The zero-order valence-corrected chi connectivity index (χ0v) is 30.6. The topological polar surface area (TPSA) is 465 Å². The number of hydrogen-bond donors (Lipinski definition) is 10. The first-order chi connectivity index (χ1) is 21.2. The van der Waals surface area contributed by atoms with Gasteiger partial charge in [-0.05, 0) is 27.4 Å². The molecular formula is C7H16O30P10+10. The molecule has 0 aliphatic rings. The average molecular weight is 890 g/mol. The highest BCUT2D eigenvalue weighted by molar-refractivity contribution is 7.35. The van der Waals surface area contributed by atoms with Gasteiger partial charge in [0.1, 0.15) is 0 Å². The van der Waals surface area contributed by atoms with E-state index in [0.717, 1.165) is 0 Å². The normalized spacial score (nSPS) is 20.6. The van der Waals surface area contributed by atoms with Crippen molar-refractivity contribution in [2.75, 3.05) is 0 Å². The summed E-state index contributed by atoms with van der Waals surface area (Å²) in [5.74, 6) is -21.7. The smallest absolute Gasteiger partial charge is 0.133 e. The van der Waals surface area contributed by atoms with Crippen molar-refractivity contribution in [3.8, 4) is 0 Å². The summed E-state index contributed by atoms with van der Waals surface area (Å²) >= 11 is 0. The lowest BCUT2D eigenvalue weighted by Gasteiger charge is -2.44. The molecule has 0 radical (unpaired) electrons. The van der Waals surface area contributed by atoms with Gasteiger partial charge >= 0.3 is 106 Å². The lowest BCUT2D eigenvalue weighted by molar-refractivity contribution is -0.500. The van der Waals surface area contributed by atoms with Crippen LogP contribution in [0.4, 0.5) is 0 Å². The minimum absolute atomic E-state index is 0.142. The fourth-order valence-electron chi connectivity index (χ4n) is 3.13. The molecule has 0 fully saturated rings. The van der Waals surface area contributed by atoms with E-state index in [1.165, 1.54) is 0 Å². The van der Waals surface area contributed by atoms with E-state index in [1.54, 1.807) is 0 Å². The Labute approximate surface area is 265 Å². The van der Waals surface area contributed by atoms with E-state index in [9.17, 15) is 94.6 Å². The summed E-state index contributed by atoms with van der Waals surface area (Å²) in [6, 6.07) is 0. The second kappa shape index (κ2) is 19.2. The Bertz CT molecular complexity index is 1250. The third kappa shape index (κ3) is 12.1. The van der Waals surface area contributed by atoms with Gasteiger partial charge in [0.15, 0.2) is 5.60 Å². The zero-order chi connectivity index (χ0) is 37.3. The lowest BCUT2D eigenvalue weighted by Crippen LogP contribution is -2.82. The third-order valence-corrected chi connectivity index (χ3v) is 8.49. The average Bonchev–Trinajstić information content (AvgIpc) is 2.78. The summed E-state index contributed by atoms with van der Waals surface area (Å²) in [5, 5.41) is 0. The molecule has 0 saturated heterocycles. The molecule has 0 aromatic carbocycles. The molecule has 0 amide bonds. The molecule has 0 aromatic rings. The third-order valence-electron chi connectivity index (χ3n) is 4.20. The maximum atomic E-state index is 12.3. The highest BCUT2D eigenvalue weighted by Gasteiger charge is 3.02. The molecule has 0 aliphatic heterocycles. The van der Waals surface area contributed by atoms with E-state index in [1.807, 2.05) is 0 Å². The van der Waals surface area contributed by atoms with Crippen LogP contribution in [0.25, 0.3) is 0 Å². The van der Waals surface area contributed by atoms with E-state index in [-0.39, 0.29) is 13.8 Å². The van der Waals surface area contributed by atoms with Crippen LogP contribution in [0.2, 0.25) is 0 Å². The fraction of sp³-hybridized carbons (Fsp3) is 1.00. The lowest BCUT2D eigenvalue weighted by atomic mass is 9.83. The molecule has 0 heterocycles. The Morgan fingerprint density at radius 1 is 0.298 bits per heavy atom. The molecule has 10 atom stereocenters. The van der Waals surface area contributed by atoms with Crippen LogP contribution in [-0.2, 0) is 90.9 Å². The molecule has 0 saturated carbocycles. The number of hydrogen-bond acceptors (Lipinski definition) is 20. The summed E-state index contributed by atoms with van der Waals surface area (Å²) in [6.07, 6.45) is 0. The minimum Gasteiger partial charge on any atom is -0.133 e. The van der Waals surface area contributed by atoms with Gasteiger partial charge in [-0.2, -0.15) is 0 Å². The molecule has 0 bridgehead atoms. The summed E-state index contributed by atoms with van der Waals surface area (Å²) in [5.41, 5.74) is -3.76. The Kier molecular flexibility index (Phi) is 19.2. The fourth-order valence-corrected chi connectivity index (χ4v) is 8.36. The van der Waals surface area contributed by atoms with E-state index in [2.05, 4.69) is 45.2 Å². The molecular weight excluding hydrogens is 874 g/mol. The molecule has 47 heavy (non-hydrogen) atoms. The monoisotopic (exact) mass is 890 g/mol. The van der Waals surface area contributed by atoms with Gasteiger partial charge in [-0.1, -0.05) is 27.1 Å². The molecule has 0 rings (SSSR count). The minimum atomic E-state index is -5.65. The molecule has 40 heteroatoms. The molecule has 10 unspecified atom stereocenters. The van der Waals surface area contributed by atoms with E-state index >= 15 is 0 Å². The highest BCUT2D eigenvalue weighted by Crippen LogP contribution is 2.67. The van der Waals surface area contributed by atoms with Gasteiger partial charge in [-0.25, -0.2) is 0 Å². The standard InChI is InChI=1S/C7H6O30P10/c1-3(2,28-38(8)9)4(29-39(10)11,30-40(12)13)5(31-41(14)15,32-42(16)17)6(33-43(18)19,34-44(20)21)7(35-45(22)23,36-46(24)25)37-47(26)27/h1-2H3/p+10. The van der Waals surface area contributed by atoms with Crippen molar-refractivity contribution in [1.82, 2.24) is 0 Å². The van der Waals surface area contributed by atoms with Crippen LogP contribution in [0.1, 0.15) is 13.8 Å². The summed E-state index contributed by atoms with van der Waals surface area (Å²) in [4.78, 5) is 96.5. The maximum Gasteiger partial charge on any atom is 0.700 e. The number of rotatable bonds is 24. The quantitative estimate of drug-likeness (QED) is 0.0480. The molecule has 0 aliphatic carbocycles. The van der Waals surface area contributed by atoms with Gasteiger partial charge in [0.05, 0.1) is 0 Å². The van der Waals surface area contributed by atoms with Crippen LogP contribution >= 0.6 is 82.5 Å². The predicted molar refractivity (Wildman–Crippen MR) is 134 cm³/mol. The molecule has 10 N–H and O–H groups in total. The molecule has 0 spiro atoms. The highest BCUT2D eigenvalue weighted by atomic mass is 31.2. The largest absolute Gasteiger partial charge is 0.700 e. The Hall–Kier alpha value is 0.200. The Morgan fingerprint density at radius 2 is 0.489 bits per heavy atom. The van der Waals surface area contributed by atoms with Crippen LogP contribution in [0, 0.1) is 0 Å². The van der Waals surface area contributed by atoms with Crippen molar-refractivity contribution in [1.29, 1.82) is 0 Å². The maximum absolute atomic E-state index is 12.3. The molecule has 30 nitrogen and oxygen atoms in total. The van der Waals surface area contributed by atoms with Gasteiger partial charge in [-0.3, -0.25) is 0 Å². The predicted octanol–water partition coefficient (Wildman–Crippen LogP) is 1.17. The van der Waals surface area contributed by atoms with E-state index in [4.69, 9.17) is 0 Å². The van der Waals surface area contributed by atoms with Gasteiger partial charge in [0, 0.05) is 45.7 Å². The zero-order valence-electron chi connectivity index (χ0n) is 21.6. The van der Waals surface area contributed by atoms with Crippen molar-refractivity contribution in [3.63, 3.8) is 0 Å². The van der Waals surface area contributed by atoms with Crippen LogP contribution in [0.15, 0.2) is 0 Å². The summed E-state index contributed by atoms with van der Waals surface area (Å²) in [6.45, 7) is 0.284. The molecule has 0 aromatic heterocycles. The van der Waals surface area contributed by atoms with Crippen molar-refractivity contribution >= 4 is 82.5 Å². The van der Waals surface area contributed by atoms with Crippen LogP contribution in [0.3, 0.4) is 0 Å². The van der Waals surface area contributed by atoms with E-state index < -0.39 is 111 Å². The van der Waals surface area contributed by atoms with Crippen LogP contribution < -0.4 is 0 Å². The summed E-state index contributed by atoms with van der Waals surface area (Å²) < 4.78 is 163. The van der Waals surface area contributed by atoms with Gasteiger partial charge < -0.3 is 0 Å². The van der Waals surface area contributed by atoms with Crippen LogP contribution in [-0.4, -0.2) is 77.9 Å².